The van der Waals surface area contributed by atoms with E-state index in [-0.39, 0.29) is 18.9 Å². The molecule has 0 radical (unpaired) electrons. The molecule has 1 aromatic carbocycles. The normalized spacial score (nSPS) is 11.6. The summed E-state index contributed by atoms with van der Waals surface area (Å²) in [5, 5.41) is 11.6. The van der Waals surface area contributed by atoms with Gasteiger partial charge < -0.3 is 20.1 Å². The van der Waals surface area contributed by atoms with Crippen molar-refractivity contribution in [2.45, 2.75) is 26.3 Å². The second-order valence-corrected chi connectivity index (χ2v) is 5.20. The van der Waals surface area contributed by atoms with Crippen molar-refractivity contribution in [3.05, 3.63) is 35.4 Å². The Balaban J connectivity index is 2.79. The predicted molar refractivity (Wildman–Crippen MR) is 89.1 cm³/mol. The molecule has 7 heteroatoms. The van der Waals surface area contributed by atoms with Gasteiger partial charge in [0.15, 0.2) is 0 Å². The molecule has 0 bridgehead atoms. The highest BCUT2D eigenvalue weighted by molar-refractivity contribution is 5.99. The van der Waals surface area contributed by atoms with Crippen molar-refractivity contribution < 1.29 is 24.2 Å². The van der Waals surface area contributed by atoms with E-state index in [4.69, 9.17) is 9.84 Å². The molecule has 0 saturated heterocycles. The lowest BCUT2D eigenvalue weighted by Gasteiger charge is -2.18. The molecule has 0 saturated carbocycles. The minimum Gasteiger partial charge on any atom is -0.480 e. The van der Waals surface area contributed by atoms with E-state index in [1.54, 1.807) is 17.0 Å². The van der Waals surface area contributed by atoms with Crippen LogP contribution >= 0.6 is 0 Å². The fourth-order valence-electron chi connectivity index (χ4n) is 2.19. The summed E-state index contributed by atoms with van der Waals surface area (Å²) in [5.41, 5.74) is 0.791. The van der Waals surface area contributed by atoms with E-state index < -0.39 is 17.9 Å². The fourth-order valence-corrected chi connectivity index (χ4v) is 2.19. The highest BCUT2D eigenvalue weighted by atomic mass is 16.5. The summed E-state index contributed by atoms with van der Waals surface area (Å²) in [6.45, 7) is 5.24. The van der Waals surface area contributed by atoms with E-state index in [1.165, 1.54) is 19.2 Å². The number of carbonyl (C=O) groups excluding carboxylic acids is 2. The Bertz CT molecular complexity index is 567. The number of carboxylic acids is 1. The molecule has 7 nitrogen and oxygen atoms in total. The van der Waals surface area contributed by atoms with E-state index in [0.717, 1.165) is 0 Å². The molecular formula is C17H24N2O5. The Kier molecular flexibility index (Phi) is 7.91. The molecule has 1 rings (SSSR count). The second kappa shape index (κ2) is 9.67. The molecule has 0 heterocycles. The number of hydrogen-bond donors (Lipinski definition) is 2. The van der Waals surface area contributed by atoms with Crippen LogP contribution < -0.4 is 5.32 Å². The zero-order valence-electron chi connectivity index (χ0n) is 14.2. The molecular weight excluding hydrogens is 312 g/mol. The zero-order chi connectivity index (χ0) is 18.1. The first kappa shape index (κ1) is 19.6. The molecule has 1 aromatic rings. The van der Waals surface area contributed by atoms with Gasteiger partial charge in [0.25, 0.3) is 11.8 Å². The number of hydrogen-bond acceptors (Lipinski definition) is 4. The number of benzene rings is 1. The summed E-state index contributed by atoms with van der Waals surface area (Å²) >= 11 is 0. The zero-order valence-corrected chi connectivity index (χ0v) is 14.2. The van der Waals surface area contributed by atoms with Crippen LogP contribution in [0.2, 0.25) is 0 Å². The van der Waals surface area contributed by atoms with Gasteiger partial charge in [0.05, 0.1) is 0 Å². The first-order chi connectivity index (χ1) is 11.4. The van der Waals surface area contributed by atoms with Crippen LogP contribution in [-0.4, -0.2) is 60.6 Å². The molecule has 1 atom stereocenters. The van der Waals surface area contributed by atoms with E-state index in [1.807, 2.05) is 13.8 Å². The Labute approximate surface area is 141 Å². The fraction of sp³-hybridized carbons (Fsp3) is 0.471. The maximum Gasteiger partial charge on any atom is 0.326 e. The number of carboxylic acid groups (broad SMARTS) is 1. The maximum atomic E-state index is 12.2. The first-order valence-corrected chi connectivity index (χ1v) is 7.86. The summed E-state index contributed by atoms with van der Waals surface area (Å²) < 4.78 is 4.84. The molecule has 0 aliphatic rings. The quantitative estimate of drug-likeness (QED) is 0.710. The van der Waals surface area contributed by atoms with Crippen LogP contribution in [0.1, 0.15) is 41.0 Å². The Morgan fingerprint density at radius 3 is 2.12 bits per heavy atom. The average Bonchev–Trinajstić information content (AvgIpc) is 2.59. The molecule has 2 N–H and O–H groups in total. The van der Waals surface area contributed by atoms with Gasteiger partial charge in [0.2, 0.25) is 0 Å². The van der Waals surface area contributed by atoms with Gasteiger partial charge in [-0.25, -0.2) is 4.79 Å². The van der Waals surface area contributed by atoms with Gasteiger partial charge in [-0.2, -0.15) is 0 Å². The molecule has 24 heavy (non-hydrogen) atoms. The van der Waals surface area contributed by atoms with Crippen molar-refractivity contribution >= 4 is 17.8 Å². The average molecular weight is 336 g/mol. The number of carbonyl (C=O) groups is 3. The van der Waals surface area contributed by atoms with Gasteiger partial charge in [-0.3, -0.25) is 9.59 Å². The van der Waals surface area contributed by atoms with Crippen molar-refractivity contribution in [3.63, 3.8) is 0 Å². The minimum atomic E-state index is -1.12. The molecule has 0 spiro atoms. The smallest absolute Gasteiger partial charge is 0.326 e. The lowest BCUT2D eigenvalue weighted by molar-refractivity contribution is -0.139. The monoisotopic (exact) mass is 336 g/mol. The number of amides is 2. The van der Waals surface area contributed by atoms with Crippen LogP contribution in [0.5, 0.6) is 0 Å². The number of aliphatic carboxylic acids is 1. The number of methoxy groups -OCH3 is 1. The van der Waals surface area contributed by atoms with Gasteiger partial charge in [-0.05, 0) is 38.1 Å². The summed E-state index contributed by atoms with van der Waals surface area (Å²) in [4.78, 5) is 37.2. The summed E-state index contributed by atoms with van der Waals surface area (Å²) in [5.74, 6) is -1.72. The molecule has 0 aliphatic carbocycles. The number of ether oxygens (including phenoxy) is 1. The molecule has 0 aromatic heterocycles. The van der Waals surface area contributed by atoms with Crippen LogP contribution in [0.25, 0.3) is 0 Å². The molecule has 0 fully saturated rings. The lowest BCUT2D eigenvalue weighted by atomic mass is 10.1. The van der Waals surface area contributed by atoms with E-state index in [0.29, 0.717) is 24.2 Å². The van der Waals surface area contributed by atoms with Crippen molar-refractivity contribution in [1.29, 1.82) is 0 Å². The van der Waals surface area contributed by atoms with Gasteiger partial charge in [-0.15, -0.1) is 0 Å². The number of nitrogens with zero attached hydrogens (tertiary/aromatic N) is 1. The molecule has 0 aliphatic heterocycles. The van der Waals surface area contributed by atoms with Gasteiger partial charge in [-0.1, -0.05) is 0 Å². The number of nitrogens with one attached hydrogen (secondary N) is 1. The maximum absolute atomic E-state index is 12.2. The summed E-state index contributed by atoms with van der Waals surface area (Å²) in [7, 11) is 1.46. The van der Waals surface area contributed by atoms with Crippen molar-refractivity contribution in [2.24, 2.45) is 0 Å². The van der Waals surface area contributed by atoms with Crippen LogP contribution in [0, 0.1) is 0 Å². The highest BCUT2D eigenvalue weighted by Gasteiger charge is 2.20. The first-order valence-electron chi connectivity index (χ1n) is 7.86. The molecule has 1 unspecified atom stereocenters. The van der Waals surface area contributed by atoms with E-state index in [9.17, 15) is 14.4 Å². The molecule has 132 valence electrons. The van der Waals surface area contributed by atoms with Gasteiger partial charge in [0.1, 0.15) is 6.04 Å². The van der Waals surface area contributed by atoms with E-state index >= 15 is 0 Å². The largest absolute Gasteiger partial charge is 0.480 e. The molecule has 2 amide bonds. The van der Waals surface area contributed by atoms with Crippen LogP contribution in [0.4, 0.5) is 0 Å². The third-order valence-corrected chi connectivity index (χ3v) is 3.66. The Morgan fingerprint density at radius 1 is 1.12 bits per heavy atom. The third-order valence-electron chi connectivity index (χ3n) is 3.66. The summed E-state index contributed by atoms with van der Waals surface area (Å²) in [6.07, 6.45) is 0.177. The standard InChI is InChI=1S/C17H24N2O5/c1-4-19(5-2)16(21)13-8-6-12(7-9-13)15(20)18-14(17(22)23)10-11-24-3/h6-9,14H,4-5,10-11H2,1-3H3,(H,18,20)(H,22,23). The van der Waals surface area contributed by atoms with Crippen LogP contribution in [-0.2, 0) is 9.53 Å². The minimum absolute atomic E-state index is 0.101. The SMILES string of the molecule is CCN(CC)C(=O)c1ccc(C(=O)NC(CCOC)C(=O)O)cc1. The van der Waals surface area contributed by atoms with Crippen molar-refractivity contribution in [1.82, 2.24) is 10.2 Å². The third kappa shape index (κ3) is 5.34. The second-order valence-electron chi connectivity index (χ2n) is 5.20. The summed E-state index contributed by atoms with van der Waals surface area (Å²) in [6, 6.07) is 5.15. The topological polar surface area (TPSA) is 95.9 Å². The van der Waals surface area contributed by atoms with Crippen LogP contribution in [0.15, 0.2) is 24.3 Å². The van der Waals surface area contributed by atoms with Crippen molar-refractivity contribution in [2.75, 3.05) is 26.8 Å². The Morgan fingerprint density at radius 2 is 1.67 bits per heavy atom. The predicted octanol–water partition coefficient (Wildman–Crippen LogP) is 1.39. The van der Waals surface area contributed by atoms with Crippen molar-refractivity contribution in [3.8, 4) is 0 Å². The Hall–Kier alpha value is -2.41. The lowest BCUT2D eigenvalue weighted by Crippen LogP contribution is -2.41. The van der Waals surface area contributed by atoms with E-state index in [2.05, 4.69) is 5.32 Å². The van der Waals surface area contributed by atoms with Gasteiger partial charge >= 0.3 is 5.97 Å². The van der Waals surface area contributed by atoms with Crippen LogP contribution in [0.3, 0.4) is 0 Å². The van der Waals surface area contributed by atoms with Gasteiger partial charge in [0, 0.05) is 44.4 Å². The number of rotatable bonds is 9. The highest BCUT2D eigenvalue weighted by Crippen LogP contribution is 2.09.